The van der Waals surface area contributed by atoms with Gasteiger partial charge in [-0.05, 0) is 24.5 Å². The molecular formula is C12H17BrS. The molecule has 14 heavy (non-hydrogen) atoms. The molecule has 2 heteroatoms. The second-order valence-electron chi connectivity index (χ2n) is 4.40. The molecule has 0 aromatic heterocycles. The van der Waals surface area contributed by atoms with E-state index in [1.54, 1.807) is 0 Å². The van der Waals surface area contributed by atoms with Gasteiger partial charge in [0.2, 0.25) is 0 Å². The number of alkyl halides is 1. The van der Waals surface area contributed by atoms with Gasteiger partial charge in [0.05, 0.1) is 0 Å². The van der Waals surface area contributed by atoms with Gasteiger partial charge in [-0.3, -0.25) is 0 Å². The van der Waals surface area contributed by atoms with E-state index in [1.165, 1.54) is 10.5 Å². The standard InChI is InChI=1S/C12H17BrS/c1-10-4-6-11(7-5-10)14-9-12(2,3)8-13/h4-7H,8-9H2,1-3H3. The molecule has 1 aromatic rings. The fourth-order valence-corrected chi connectivity index (χ4v) is 2.40. The summed E-state index contributed by atoms with van der Waals surface area (Å²) < 4.78 is 0. The van der Waals surface area contributed by atoms with Crippen molar-refractivity contribution < 1.29 is 0 Å². The highest BCUT2D eigenvalue weighted by Gasteiger charge is 2.15. The molecule has 0 heterocycles. The van der Waals surface area contributed by atoms with Crippen molar-refractivity contribution in [1.82, 2.24) is 0 Å². The lowest BCUT2D eigenvalue weighted by Gasteiger charge is -2.20. The van der Waals surface area contributed by atoms with E-state index in [2.05, 4.69) is 61.0 Å². The topological polar surface area (TPSA) is 0 Å². The number of hydrogen-bond donors (Lipinski definition) is 0. The van der Waals surface area contributed by atoms with Crippen LogP contribution in [0.5, 0.6) is 0 Å². The highest BCUT2D eigenvalue weighted by Crippen LogP contribution is 2.28. The molecule has 0 bridgehead atoms. The highest BCUT2D eigenvalue weighted by molar-refractivity contribution is 9.09. The summed E-state index contributed by atoms with van der Waals surface area (Å²) in [6.45, 7) is 6.68. The summed E-state index contributed by atoms with van der Waals surface area (Å²) >= 11 is 5.47. The maximum absolute atomic E-state index is 3.54. The van der Waals surface area contributed by atoms with Crippen molar-refractivity contribution in [2.75, 3.05) is 11.1 Å². The van der Waals surface area contributed by atoms with Gasteiger partial charge in [0, 0.05) is 16.0 Å². The van der Waals surface area contributed by atoms with Crippen molar-refractivity contribution in [2.24, 2.45) is 5.41 Å². The minimum atomic E-state index is 0.371. The molecule has 0 nitrogen and oxygen atoms in total. The first-order valence-electron chi connectivity index (χ1n) is 4.79. The molecule has 0 atom stereocenters. The van der Waals surface area contributed by atoms with Crippen LogP contribution in [0.4, 0.5) is 0 Å². The van der Waals surface area contributed by atoms with Gasteiger partial charge in [0.25, 0.3) is 0 Å². The normalized spacial score (nSPS) is 11.7. The van der Waals surface area contributed by atoms with Crippen LogP contribution in [0.3, 0.4) is 0 Å². The van der Waals surface area contributed by atoms with Crippen LogP contribution in [0.15, 0.2) is 29.2 Å². The smallest absolute Gasteiger partial charge is 0.00906 e. The second-order valence-corrected chi connectivity index (χ2v) is 6.01. The summed E-state index contributed by atoms with van der Waals surface area (Å²) in [5, 5.41) is 1.05. The van der Waals surface area contributed by atoms with Gasteiger partial charge >= 0.3 is 0 Å². The minimum Gasteiger partial charge on any atom is -0.126 e. The molecule has 0 spiro atoms. The van der Waals surface area contributed by atoms with Crippen LogP contribution in [0.2, 0.25) is 0 Å². The second kappa shape index (κ2) is 5.22. The maximum Gasteiger partial charge on any atom is 0.00906 e. The zero-order valence-corrected chi connectivity index (χ0v) is 11.4. The van der Waals surface area contributed by atoms with E-state index in [0.717, 1.165) is 11.1 Å². The van der Waals surface area contributed by atoms with Crippen molar-refractivity contribution in [1.29, 1.82) is 0 Å². The van der Waals surface area contributed by atoms with E-state index in [-0.39, 0.29) is 0 Å². The predicted octanol–water partition coefficient (Wildman–Crippen LogP) is 4.51. The highest BCUT2D eigenvalue weighted by atomic mass is 79.9. The lowest BCUT2D eigenvalue weighted by atomic mass is 10.0. The van der Waals surface area contributed by atoms with E-state index in [9.17, 15) is 0 Å². The van der Waals surface area contributed by atoms with Gasteiger partial charge in [-0.25, -0.2) is 0 Å². The van der Waals surface area contributed by atoms with Crippen LogP contribution < -0.4 is 0 Å². The predicted molar refractivity (Wildman–Crippen MR) is 69.5 cm³/mol. The van der Waals surface area contributed by atoms with Gasteiger partial charge in [0.15, 0.2) is 0 Å². The summed E-state index contributed by atoms with van der Waals surface area (Å²) in [7, 11) is 0. The van der Waals surface area contributed by atoms with Crippen molar-refractivity contribution in [3.8, 4) is 0 Å². The van der Waals surface area contributed by atoms with E-state index >= 15 is 0 Å². The Morgan fingerprint density at radius 2 is 1.79 bits per heavy atom. The van der Waals surface area contributed by atoms with Gasteiger partial charge in [0.1, 0.15) is 0 Å². The monoisotopic (exact) mass is 272 g/mol. The number of rotatable bonds is 4. The molecule has 0 amide bonds. The largest absolute Gasteiger partial charge is 0.126 e. The van der Waals surface area contributed by atoms with Crippen molar-refractivity contribution in [3.05, 3.63) is 29.8 Å². The molecule has 0 aliphatic carbocycles. The fraction of sp³-hybridized carbons (Fsp3) is 0.500. The Bertz CT molecular complexity index is 277. The van der Waals surface area contributed by atoms with Gasteiger partial charge in [-0.2, -0.15) is 0 Å². The third-order valence-corrected chi connectivity index (χ3v) is 5.06. The summed E-state index contributed by atoms with van der Waals surface area (Å²) in [5.41, 5.74) is 1.70. The molecule has 1 rings (SSSR count). The molecule has 0 aliphatic heterocycles. The van der Waals surface area contributed by atoms with E-state index in [1.807, 2.05) is 11.8 Å². The van der Waals surface area contributed by atoms with Crippen LogP contribution >= 0.6 is 27.7 Å². The molecule has 0 saturated carbocycles. The number of benzene rings is 1. The van der Waals surface area contributed by atoms with Crippen molar-refractivity contribution >= 4 is 27.7 Å². The maximum atomic E-state index is 3.54. The molecule has 0 saturated heterocycles. The van der Waals surface area contributed by atoms with Crippen LogP contribution in [0.1, 0.15) is 19.4 Å². The molecular weight excluding hydrogens is 256 g/mol. The first-order chi connectivity index (χ1) is 6.53. The summed E-state index contributed by atoms with van der Waals surface area (Å²) in [4.78, 5) is 1.37. The molecule has 78 valence electrons. The fourth-order valence-electron chi connectivity index (χ4n) is 0.952. The Morgan fingerprint density at radius 3 is 2.29 bits per heavy atom. The Balaban J connectivity index is 2.50. The summed E-state index contributed by atoms with van der Waals surface area (Å²) in [5.74, 6) is 1.15. The quantitative estimate of drug-likeness (QED) is 0.574. The van der Waals surface area contributed by atoms with Gasteiger partial charge in [-0.15, -0.1) is 11.8 Å². The minimum absolute atomic E-state index is 0.371. The van der Waals surface area contributed by atoms with Crippen LogP contribution in [0.25, 0.3) is 0 Å². The molecule has 0 unspecified atom stereocenters. The molecule has 1 aromatic carbocycles. The van der Waals surface area contributed by atoms with Crippen LogP contribution in [-0.2, 0) is 0 Å². The van der Waals surface area contributed by atoms with E-state index in [4.69, 9.17) is 0 Å². The number of halogens is 1. The Kier molecular flexibility index (Phi) is 4.52. The van der Waals surface area contributed by atoms with Crippen molar-refractivity contribution in [3.63, 3.8) is 0 Å². The third kappa shape index (κ3) is 4.05. The molecule has 0 N–H and O–H groups in total. The Hall–Kier alpha value is 0.0500. The zero-order valence-electron chi connectivity index (χ0n) is 9.01. The van der Waals surface area contributed by atoms with Gasteiger partial charge in [-0.1, -0.05) is 47.5 Å². The Labute approximate surface area is 99.6 Å². The van der Waals surface area contributed by atoms with Gasteiger partial charge < -0.3 is 0 Å². The third-order valence-electron chi connectivity index (χ3n) is 2.01. The zero-order chi connectivity index (χ0) is 10.6. The first kappa shape index (κ1) is 12.1. The number of aryl methyl sites for hydroxylation is 1. The van der Waals surface area contributed by atoms with Crippen LogP contribution in [0, 0.1) is 12.3 Å². The summed E-state index contributed by atoms with van der Waals surface area (Å²) in [6.07, 6.45) is 0. The lowest BCUT2D eigenvalue weighted by molar-refractivity contribution is 0.496. The molecule has 0 aliphatic rings. The average Bonchev–Trinajstić information content (AvgIpc) is 2.17. The van der Waals surface area contributed by atoms with E-state index < -0.39 is 0 Å². The first-order valence-corrected chi connectivity index (χ1v) is 6.90. The molecule has 0 fully saturated rings. The number of hydrogen-bond acceptors (Lipinski definition) is 1. The molecule has 0 radical (unpaired) electrons. The van der Waals surface area contributed by atoms with Crippen LogP contribution in [-0.4, -0.2) is 11.1 Å². The Morgan fingerprint density at radius 1 is 1.21 bits per heavy atom. The van der Waals surface area contributed by atoms with Crippen molar-refractivity contribution in [2.45, 2.75) is 25.7 Å². The average molecular weight is 273 g/mol. The summed E-state index contributed by atoms with van der Waals surface area (Å²) in [6, 6.07) is 8.74. The SMILES string of the molecule is Cc1ccc(SCC(C)(C)CBr)cc1. The lowest BCUT2D eigenvalue weighted by Crippen LogP contribution is -2.15. The van der Waals surface area contributed by atoms with E-state index in [0.29, 0.717) is 5.41 Å². The number of thioether (sulfide) groups is 1.